The van der Waals surface area contributed by atoms with E-state index >= 15 is 0 Å². The van der Waals surface area contributed by atoms with Gasteiger partial charge in [-0.25, -0.2) is 0 Å². The van der Waals surface area contributed by atoms with Crippen LogP contribution in [0.1, 0.15) is 0 Å². The predicted molar refractivity (Wildman–Crippen MR) is 76.8 cm³/mol. The predicted octanol–water partition coefficient (Wildman–Crippen LogP) is 0.0330. The molecule has 6 nitrogen and oxygen atoms in total. The highest BCUT2D eigenvalue weighted by Crippen LogP contribution is 2.32. The Kier molecular flexibility index (Phi) is 4.98. The molecule has 18 heavy (non-hydrogen) atoms. The van der Waals surface area contributed by atoms with E-state index in [9.17, 15) is 0 Å². The molecule has 2 aromatic rings. The molecule has 2 rings (SSSR count). The zero-order chi connectivity index (χ0) is 11.7. The molecule has 2 aromatic carbocycles. The van der Waals surface area contributed by atoms with Gasteiger partial charge in [0.05, 0.1) is 0 Å². The van der Waals surface area contributed by atoms with E-state index in [0.717, 1.165) is 11.1 Å². The van der Waals surface area contributed by atoms with Crippen molar-refractivity contribution in [1.82, 2.24) is 0 Å². The van der Waals surface area contributed by atoms with Crippen molar-refractivity contribution in [2.24, 2.45) is 0 Å². The fourth-order valence-electron chi connectivity index (χ4n) is 1.65. The van der Waals surface area contributed by atoms with Crippen molar-refractivity contribution in [3.8, 4) is 11.1 Å². The van der Waals surface area contributed by atoms with Crippen molar-refractivity contribution in [2.45, 2.75) is 0 Å². The largest absolute Gasteiger partial charge is 0.412 e. The Balaban J connectivity index is 0.00000144. The van der Waals surface area contributed by atoms with E-state index in [4.69, 9.17) is 22.9 Å². The van der Waals surface area contributed by atoms with Gasteiger partial charge < -0.3 is 33.9 Å². The third kappa shape index (κ3) is 2.82. The van der Waals surface area contributed by atoms with Crippen molar-refractivity contribution in [3.05, 3.63) is 36.4 Å². The summed E-state index contributed by atoms with van der Waals surface area (Å²) in [6.45, 7) is 0. The molecular weight excluding hydrogens is 232 g/mol. The molecule has 0 bridgehead atoms. The van der Waals surface area contributed by atoms with Crippen molar-refractivity contribution < 1.29 is 11.0 Å². The average molecular weight is 250 g/mol. The van der Waals surface area contributed by atoms with Gasteiger partial charge in [0.25, 0.3) is 0 Å². The standard InChI is InChI=1S/C12H14N4.2H2O/c13-7-1-3-9(11(15)5-7)10-4-2-8(14)6-12(10)16;;/h1-6H,13-16H2;2*1H2. The molecule has 0 atom stereocenters. The highest BCUT2D eigenvalue weighted by atomic mass is 16.0. The summed E-state index contributed by atoms with van der Waals surface area (Å²) in [6, 6.07) is 10.7. The Morgan fingerprint density at radius 1 is 0.556 bits per heavy atom. The van der Waals surface area contributed by atoms with Crippen LogP contribution in [0.25, 0.3) is 11.1 Å². The molecule has 12 N–H and O–H groups in total. The summed E-state index contributed by atoms with van der Waals surface area (Å²) in [5.41, 5.74) is 27.3. The van der Waals surface area contributed by atoms with Crippen molar-refractivity contribution in [3.63, 3.8) is 0 Å². The summed E-state index contributed by atoms with van der Waals surface area (Å²) >= 11 is 0. The SMILES string of the molecule is Nc1ccc(-c2ccc(N)cc2N)c(N)c1.O.O. The second kappa shape index (κ2) is 5.76. The average Bonchev–Trinajstić information content (AvgIpc) is 2.19. The molecule has 0 saturated heterocycles. The second-order valence-electron chi connectivity index (χ2n) is 3.69. The molecule has 0 saturated carbocycles. The number of nitrogen functional groups attached to an aromatic ring is 4. The van der Waals surface area contributed by atoms with Gasteiger partial charge in [0.1, 0.15) is 0 Å². The van der Waals surface area contributed by atoms with Crippen LogP contribution < -0.4 is 22.9 Å². The molecule has 0 aliphatic heterocycles. The minimum Gasteiger partial charge on any atom is -0.412 e. The first-order chi connectivity index (χ1) is 7.58. The van der Waals surface area contributed by atoms with Crippen LogP contribution in [-0.4, -0.2) is 11.0 Å². The maximum atomic E-state index is 5.89. The van der Waals surface area contributed by atoms with E-state index < -0.39 is 0 Å². The summed E-state index contributed by atoms with van der Waals surface area (Å²) in [7, 11) is 0. The van der Waals surface area contributed by atoms with E-state index in [1.807, 2.05) is 12.1 Å². The number of hydrogen-bond acceptors (Lipinski definition) is 4. The van der Waals surface area contributed by atoms with Crippen LogP contribution in [0.3, 0.4) is 0 Å². The number of hydrogen-bond donors (Lipinski definition) is 4. The Morgan fingerprint density at radius 3 is 1.17 bits per heavy atom. The van der Waals surface area contributed by atoms with Crippen LogP contribution in [0.2, 0.25) is 0 Å². The molecule has 0 spiro atoms. The molecule has 0 aromatic heterocycles. The van der Waals surface area contributed by atoms with Crippen LogP contribution in [0.15, 0.2) is 36.4 Å². The lowest BCUT2D eigenvalue weighted by Crippen LogP contribution is -1.97. The normalized spacial score (nSPS) is 9.11. The van der Waals surface area contributed by atoms with Crippen molar-refractivity contribution >= 4 is 22.7 Å². The monoisotopic (exact) mass is 250 g/mol. The van der Waals surface area contributed by atoms with Crippen molar-refractivity contribution in [1.29, 1.82) is 0 Å². The number of anilines is 4. The van der Waals surface area contributed by atoms with Gasteiger partial charge in [-0.05, 0) is 24.3 Å². The molecule has 0 radical (unpaired) electrons. The lowest BCUT2D eigenvalue weighted by molar-refractivity contribution is 0.823. The van der Waals surface area contributed by atoms with E-state index in [2.05, 4.69) is 0 Å². The lowest BCUT2D eigenvalue weighted by Gasteiger charge is -2.10. The first-order valence-electron chi connectivity index (χ1n) is 4.88. The molecule has 0 unspecified atom stereocenters. The van der Waals surface area contributed by atoms with Gasteiger partial charge in [-0.1, -0.05) is 12.1 Å². The Morgan fingerprint density at radius 2 is 0.889 bits per heavy atom. The lowest BCUT2D eigenvalue weighted by atomic mass is 10.0. The van der Waals surface area contributed by atoms with Crippen LogP contribution in [0, 0.1) is 0 Å². The number of benzene rings is 2. The van der Waals surface area contributed by atoms with E-state index in [1.54, 1.807) is 24.3 Å². The number of rotatable bonds is 1. The van der Waals surface area contributed by atoms with E-state index in [0.29, 0.717) is 22.7 Å². The second-order valence-corrected chi connectivity index (χ2v) is 3.69. The minimum absolute atomic E-state index is 0. The summed E-state index contributed by atoms with van der Waals surface area (Å²) in [5.74, 6) is 0. The van der Waals surface area contributed by atoms with Crippen molar-refractivity contribution in [2.75, 3.05) is 22.9 Å². The maximum absolute atomic E-state index is 5.89. The van der Waals surface area contributed by atoms with Gasteiger partial charge in [0, 0.05) is 33.9 Å². The number of nitrogens with two attached hydrogens (primary N) is 4. The van der Waals surface area contributed by atoms with Gasteiger partial charge in [0.15, 0.2) is 0 Å². The molecule has 0 heterocycles. The fourth-order valence-corrected chi connectivity index (χ4v) is 1.65. The molecule has 0 amide bonds. The van der Waals surface area contributed by atoms with Crippen LogP contribution >= 0.6 is 0 Å². The topological polar surface area (TPSA) is 167 Å². The summed E-state index contributed by atoms with van der Waals surface area (Å²) in [4.78, 5) is 0. The Labute approximate surface area is 105 Å². The fraction of sp³-hybridized carbons (Fsp3) is 0. The summed E-state index contributed by atoms with van der Waals surface area (Å²) < 4.78 is 0. The first-order valence-corrected chi connectivity index (χ1v) is 4.88. The Bertz CT molecular complexity index is 494. The molecular formula is C12H18N4O2. The third-order valence-corrected chi connectivity index (χ3v) is 2.44. The Hall–Kier alpha value is -2.44. The van der Waals surface area contributed by atoms with Gasteiger partial charge in [-0.15, -0.1) is 0 Å². The molecule has 0 fully saturated rings. The van der Waals surface area contributed by atoms with Crippen LogP contribution in [0.5, 0.6) is 0 Å². The highest BCUT2D eigenvalue weighted by Gasteiger charge is 2.06. The zero-order valence-corrected chi connectivity index (χ0v) is 9.77. The van der Waals surface area contributed by atoms with Crippen LogP contribution in [0.4, 0.5) is 22.7 Å². The van der Waals surface area contributed by atoms with E-state index in [1.165, 1.54) is 0 Å². The van der Waals surface area contributed by atoms with Crippen LogP contribution in [-0.2, 0) is 0 Å². The maximum Gasteiger partial charge on any atom is 0.0415 e. The molecule has 0 aliphatic rings. The third-order valence-electron chi connectivity index (χ3n) is 2.44. The van der Waals surface area contributed by atoms with Gasteiger partial charge in [-0.2, -0.15) is 0 Å². The summed E-state index contributed by atoms with van der Waals surface area (Å²) in [5, 5.41) is 0. The molecule has 6 heteroatoms. The van der Waals surface area contributed by atoms with Gasteiger partial charge >= 0.3 is 0 Å². The highest BCUT2D eigenvalue weighted by molar-refractivity contribution is 5.86. The zero-order valence-electron chi connectivity index (χ0n) is 9.77. The van der Waals surface area contributed by atoms with Gasteiger partial charge in [-0.3, -0.25) is 0 Å². The van der Waals surface area contributed by atoms with E-state index in [-0.39, 0.29) is 11.0 Å². The smallest absolute Gasteiger partial charge is 0.0415 e. The minimum atomic E-state index is 0. The van der Waals surface area contributed by atoms with Gasteiger partial charge in [0.2, 0.25) is 0 Å². The quantitative estimate of drug-likeness (QED) is 0.524. The first kappa shape index (κ1) is 15.6. The summed E-state index contributed by atoms with van der Waals surface area (Å²) in [6.07, 6.45) is 0. The molecule has 0 aliphatic carbocycles. The molecule has 98 valence electrons.